The topological polar surface area (TPSA) is 183 Å². The monoisotopic (exact) mass is 736 g/mol. The minimum Gasteiger partial charge on any atom is -0.496 e. The highest BCUT2D eigenvalue weighted by molar-refractivity contribution is 6.25. The number of carbonyl (C=O) groups is 6. The molecule has 3 N–H and O–H groups in total. The maximum Gasteiger partial charge on any atom is 0.264 e. The number of benzene rings is 2. The summed E-state index contributed by atoms with van der Waals surface area (Å²) in [5.74, 6) is -0.557. The molecule has 7 rings (SSSR count). The van der Waals surface area contributed by atoms with E-state index in [4.69, 9.17) is 9.72 Å². The first-order chi connectivity index (χ1) is 26.1. The van der Waals surface area contributed by atoms with Gasteiger partial charge in [-0.15, -0.1) is 0 Å². The summed E-state index contributed by atoms with van der Waals surface area (Å²) in [6.07, 6.45) is 7.77. The largest absolute Gasteiger partial charge is 0.496 e. The number of likely N-dealkylation sites (N-methyl/N-ethyl adjacent to an activating group) is 1. The molecule has 0 bridgehead atoms. The van der Waals surface area contributed by atoms with Gasteiger partial charge >= 0.3 is 0 Å². The Morgan fingerprint density at radius 2 is 1.81 bits per heavy atom. The van der Waals surface area contributed by atoms with Crippen molar-refractivity contribution in [3.8, 4) is 5.75 Å². The number of carbonyl (C=O) groups excluding carboxylic acids is 6. The van der Waals surface area contributed by atoms with Gasteiger partial charge in [0.25, 0.3) is 17.7 Å². The van der Waals surface area contributed by atoms with Crippen LogP contribution >= 0.6 is 0 Å². The van der Waals surface area contributed by atoms with E-state index in [2.05, 4.69) is 25.8 Å². The Morgan fingerprint density at radius 3 is 2.56 bits per heavy atom. The molecule has 1 aromatic heterocycles. The number of anilines is 3. The molecule has 1 aliphatic carbocycles. The molecule has 0 radical (unpaired) electrons. The first-order valence-electron chi connectivity index (χ1n) is 18.6. The second-order valence-corrected chi connectivity index (χ2v) is 14.1. The third kappa shape index (κ3) is 6.74. The number of piperidine rings is 1. The summed E-state index contributed by atoms with van der Waals surface area (Å²) in [4.78, 5) is 91.3. The number of methoxy groups -OCH3 is 1. The van der Waals surface area contributed by atoms with Crippen LogP contribution in [0.2, 0.25) is 0 Å². The predicted molar refractivity (Wildman–Crippen MR) is 199 cm³/mol. The number of hydrogen-bond acceptors (Lipinski definition) is 11. The number of nitrogens with one attached hydrogen (secondary N) is 3. The molecule has 4 aliphatic rings. The van der Waals surface area contributed by atoms with E-state index in [1.54, 1.807) is 55.6 Å². The van der Waals surface area contributed by atoms with Gasteiger partial charge in [0.05, 0.1) is 24.4 Å². The molecule has 3 aliphatic heterocycles. The van der Waals surface area contributed by atoms with Crippen LogP contribution in [0.25, 0.3) is 0 Å². The van der Waals surface area contributed by atoms with Crippen LogP contribution in [0, 0.1) is 0 Å². The van der Waals surface area contributed by atoms with Gasteiger partial charge in [0, 0.05) is 55.8 Å². The van der Waals surface area contributed by atoms with Gasteiger partial charge in [-0.05, 0) is 56.4 Å². The van der Waals surface area contributed by atoms with Crippen molar-refractivity contribution in [2.24, 2.45) is 0 Å². The lowest BCUT2D eigenvalue weighted by atomic mass is 10.0. The van der Waals surface area contributed by atoms with E-state index in [0.29, 0.717) is 60.9 Å². The molecule has 1 saturated heterocycles. The summed E-state index contributed by atoms with van der Waals surface area (Å²) in [7, 11) is 3.33. The van der Waals surface area contributed by atoms with Gasteiger partial charge in [0.15, 0.2) is 5.82 Å². The van der Waals surface area contributed by atoms with Crippen molar-refractivity contribution in [3.63, 3.8) is 0 Å². The van der Waals surface area contributed by atoms with E-state index >= 15 is 0 Å². The molecule has 2 fully saturated rings. The minimum atomic E-state index is -1.04. The van der Waals surface area contributed by atoms with Gasteiger partial charge < -0.3 is 25.2 Å². The third-order valence-electron chi connectivity index (χ3n) is 10.8. The van der Waals surface area contributed by atoms with E-state index in [1.165, 1.54) is 0 Å². The molecule has 4 heterocycles. The highest BCUT2D eigenvalue weighted by atomic mass is 16.5. The second kappa shape index (κ2) is 15.2. The Morgan fingerprint density at radius 1 is 1.02 bits per heavy atom. The van der Waals surface area contributed by atoms with Crippen LogP contribution < -0.4 is 30.5 Å². The summed E-state index contributed by atoms with van der Waals surface area (Å²) in [6.45, 7) is 2.76. The Bertz CT molecular complexity index is 2030. The molecular formula is C39H44N8O7. The first kappa shape index (κ1) is 36.5. The molecule has 15 nitrogen and oxygen atoms in total. The van der Waals surface area contributed by atoms with Gasteiger partial charge in [-0.25, -0.2) is 9.97 Å². The van der Waals surface area contributed by atoms with E-state index in [1.807, 2.05) is 13.0 Å². The average molecular weight is 737 g/mol. The maximum atomic E-state index is 13.3. The Balaban J connectivity index is 0.962. The van der Waals surface area contributed by atoms with Gasteiger partial charge in [-0.1, -0.05) is 31.9 Å². The van der Waals surface area contributed by atoms with Crippen LogP contribution in [0.3, 0.4) is 0 Å². The predicted octanol–water partition coefficient (Wildman–Crippen LogP) is 3.21. The molecule has 2 atom stereocenters. The minimum absolute atomic E-state index is 0.0451. The second-order valence-electron chi connectivity index (χ2n) is 14.1. The number of ether oxygens (including phenoxy) is 1. The third-order valence-corrected chi connectivity index (χ3v) is 10.8. The molecule has 1 saturated carbocycles. The van der Waals surface area contributed by atoms with Gasteiger partial charge in [0.2, 0.25) is 17.7 Å². The standard InChI is InChI=1S/C39H44N8O7/c1-4-27-38(52)45(2)29-21-42-31(43-34(29)46(27)24-9-5-6-10-24)20-22-13-14-23(19-30(22)54-3)35(49)41-18-8-17-40-26-12-7-11-25-33(26)39(53)47(37(25)51)28-15-16-32(48)44-36(28)50/h7,11-14,19,21,24,27-28,40H,4-6,8-10,15-18,20H2,1-3H3,(H,41,49)(H,44,48,50)/t27-,28?/m1/s1. The number of fused-ring (bicyclic) bond motifs is 2. The number of hydrogen-bond donors (Lipinski definition) is 3. The van der Waals surface area contributed by atoms with Crippen molar-refractivity contribution < 1.29 is 33.5 Å². The number of rotatable bonds is 12. The lowest BCUT2D eigenvalue weighted by Crippen LogP contribution is -2.55. The van der Waals surface area contributed by atoms with Crippen LogP contribution in [0.1, 0.15) is 101 Å². The van der Waals surface area contributed by atoms with Crippen molar-refractivity contribution in [1.82, 2.24) is 25.5 Å². The molecule has 0 spiro atoms. The highest BCUT2D eigenvalue weighted by Crippen LogP contribution is 2.40. The number of nitrogens with zero attached hydrogens (tertiary/aromatic N) is 5. The van der Waals surface area contributed by atoms with Crippen molar-refractivity contribution in [1.29, 1.82) is 0 Å². The Labute approximate surface area is 312 Å². The molecule has 1 unspecified atom stereocenters. The SMILES string of the molecule is CC[C@@H]1C(=O)N(C)c2cnc(Cc3ccc(C(=O)NCCCNc4cccc5c4C(=O)N(C4CCC(=O)NC4=O)C5=O)cc3OC)nc2N1C1CCCC1. The van der Waals surface area contributed by atoms with E-state index in [-0.39, 0.29) is 47.9 Å². The van der Waals surface area contributed by atoms with Gasteiger partial charge in [-0.2, -0.15) is 0 Å². The maximum absolute atomic E-state index is 13.3. The molecule has 282 valence electrons. The Hall–Kier alpha value is -5.86. The normalized spacial score (nSPS) is 19.9. The fraction of sp³-hybridized carbons (Fsp3) is 0.436. The summed E-state index contributed by atoms with van der Waals surface area (Å²) in [6, 6.07) is 9.11. The Kier molecular flexibility index (Phi) is 10.3. The zero-order chi connectivity index (χ0) is 38.1. The lowest BCUT2D eigenvalue weighted by molar-refractivity contribution is -0.136. The molecule has 3 aromatic rings. The van der Waals surface area contributed by atoms with Crippen molar-refractivity contribution in [3.05, 3.63) is 70.7 Å². The van der Waals surface area contributed by atoms with Crippen molar-refractivity contribution in [2.45, 2.75) is 82.8 Å². The van der Waals surface area contributed by atoms with E-state index < -0.39 is 29.7 Å². The quantitative estimate of drug-likeness (QED) is 0.183. The summed E-state index contributed by atoms with van der Waals surface area (Å²) in [5, 5.41) is 8.31. The fourth-order valence-corrected chi connectivity index (χ4v) is 7.98. The smallest absolute Gasteiger partial charge is 0.264 e. The zero-order valence-electron chi connectivity index (χ0n) is 30.6. The van der Waals surface area contributed by atoms with Crippen LogP contribution in [0.5, 0.6) is 5.75 Å². The fourth-order valence-electron chi connectivity index (χ4n) is 7.98. The number of amides is 6. The van der Waals surface area contributed by atoms with E-state index in [9.17, 15) is 28.8 Å². The summed E-state index contributed by atoms with van der Waals surface area (Å²) < 4.78 is 5.69. The van der Waals surface area contributed by atoms with Gasteiger partial charge in [0.1, 0.15) is 29.3 Å². The summed E-state index contributed by atoms with van der Waals surface area (Å²) >= 11 is 0. The number of imide groups is 2. The first-order valence-corrected chi connectivity index (χ1v) is 18.6. The van der Waals surface area contributed by atoms with E-state index in [0.717, 1.165) is 42.0 Å². The molecule has 15 heteroatoms. The summed E-state index contributed by atoms with van der Waals surface area (Å²) in [5.41, 5.74) is 2.78. The molecule has 2 aromatic carbocycles. The molecule has 6 amide bonds. The zero-order valence-corrected chi connectivity index (χ0v) is 30.6. The van der Waals surface area contributed by atoms with Crippen LogP contribution in [-0.2, 0) is 20.8 Å². The van der Waals surface area contributed by atoms with Gasteiger partial charge in [-0.3, -0.25) is 39.0 Å². The van der Waals surface area contributed by atoms with Crippen LogP contribution in [0.4, 0.5) is 17.2 Å². The van der Waals surface area contributed by atoms with Crippen LogP contribution in [0.15, 0.2) is 42.6 Å². The highest BCUT2D eigenvalue weighted by Gasteiger charge is 2.46. The average Bonchev–Trinajstić information content (AvgIpc) is 3.79. The molecular weight excluding hydrogens is 692 g/mol. The van der Waals surface area contributed by atoms with Crippen molar-refractivity contribution in [2.75, 3.05) is 42.4 Å². The molecule has 54 heavy (non-hydrogen) atoms. The van der Waals surface area contributed by atoms with Crippen LogP contribution in [-0.4, -0.2) is 95.7 Å². The van der Waals surface area contributed by atoms with Crippen molar-refractivity contribution >= 4 is 52.6 Å². The number of aromatic nitrogens is 2. The lowest BCUT2D eigenvalue weighted by Gasteiger charge is -2.43.